The first-order valence-corrected chi connectivity index (χ1v) is 5.84. The van der Waals surface area contributed by atoms with Gasteiger partial charge in [-0.25, -0.2) is 9.59 Å². The fraction of sp³-hybridized carbons (Fsp3) is 0.0667. The molecule has 0 spiro atoms. The molecular formula is C15H12O5. The molecule has 0 fully saturated rings. The van der Waals surface area contributed by atoms with Crippen LogP contribution < -0.4 is 9.47 Å². The Morgan fingerprint density at radius 3 is 1.90 bits per heavy atom. The third kappa shape index (κ3) is 3.58. The maximum atomic E-state index is 11.9. The maximum Gasteiger partial charge on any atom is 0.511 e. The van der Waals surface area contributed by atoms with Gasteiger partial charge in [-0.1, -0.05) is 17.7 Å². The minimum atomic E-state index is -1.40. The predicted molar refractivity (Wildman–Crippen MR) is 71.2 cm³/mol. The molecule has 0 bridgehead atoms. The van der Waals surface area contributed by atoms with Crippen molar-refractivity contribution in [3.63, 3.8) is 0 Å². The Kier molecular flexibility index (Phi) is 4.00. The van der Waals surface area contributed by atoms with E-state index in [4.69, 9.17) is 9.84 Å². The summed E-state index contributed by atoms with van der Waals surface area (Å²) >= 11 is 0. The van der Waals surface area contributed by atoms with E-state index in [1.165, 1.54) is 24.3 Å². The molecule has 5 nitrogen and oxygen atoms in total. The minimum Gasteiger partial charge on any atom is -0.449 e. The van der Waals surface area contributed by atoms with E-state index in [1.807, 2.05) is 19.1 Å². The molecule has 0 aromatic heterocycles. The fourth-order valence-electron chi connectivity index (χ4n) is 1.53. The SMILES string of the molecule is Cc1ccc(OC(=O)c2ccc(OC(=O)O)cc2)cc1. The predicted octanol–water partition coefficient (Wildman–Crippen LogP) is 3.27. The second kappa shape index (κ2) is 5.88. The molecule has 0 aliphatic rings. The van der Waals surface area contributed by atoms with Crippen LogP contribution in [0.15, 0.2) is 48.5 Å². The number of carboxylic acid groups (broad SMARTS) is 1. The lowest BCUT2D eigenvalue weighted by Gasteiger charge is -2.05. The molecule has 0 saturated carbocycles. The van der Waals surface area contributed by atoms with Gasteiger partial charge in [-0.3, -0.25) is 0 Å². The first-order chi connectivity index (χ1) is 9.54. The first kappa shape index (κ1) is 13.6. The van der Waals surface area contributed by atoms with Crippen LogP contribution >= 0.6 is 0 Å². The zero-order valence-corrected chi connectivity index (χ0v) is 10.7. The molecule has 0 unspecified atom stereocenters. The number of carbonyl (C=O) groups excluding carboxylic acids is 1. The molecule has 2 aromatic rings. The van der Waals surface area contributed by atoms with E-state index < -0.39 is 12.1 Å². The zero-order valence-electron chi connectivity index (χ0n) is 10.7. The summed E-state index contributed by atoms with van der Waals surface area (Å²) in [7, 11) is 0. The van der Waals surface area contributed by atoms with Crippen LogP contribution in [0, 0.1) is 6.92 Å². The highest BCUT2D eigenvalue weighted by Crippen LogP contribution is 2.16. The van der Waals surface area contributed by atoms with Crippen LogP contribution in [0.25, 0.3) is 0 Å². The molecule has 5 heteroatoms. The van der Waals surface area contributed by atoms with Crippen molar-refractivity contribution in [1.82, 2.24) is 0 Å². The Labute approximate surface area is 115 Å². The molecule has 1 N–H and O–H groups in total. The number of hydrogen-bond donors (Lipinski definition) is 1. The molecule has 2 aromatic carbocycles. The number of benzene rings is 2. The Bertz CT molecular complexity index is 614. The quantitative estimate of drug-likeness (QED) is 0.527. The number of ether oxygens (including phenoxy) is 2. The van der Waals surface area contributed by atoms with Crippen molar-refractivity contribution in [1.29, 1.82) is 0 Å². The second-order valence-electron chi connectivity index (χ2n) is 4.09. The number of hydrogen-bond acceptors (Lipinski definition) is 4. The van der Waals surface area contributed by atoms with Crippen LogP contribution in [0.1, 0.15) is 15.9 Å². The third-order valence-corrected chi connectivity index (χ3v) is 2.53. The van der Waals surface area contributed by atoms with Gasteiger partial charge in [0.05, 0.1) is 5.56 Å². The number of carbonyl (C=O) groups is 2. The highest BCUT2D eigenvalue weighted by molar-refractivity contribution is 5.91. The van der Waals surface area contributed by atoms with Gasteiger partial charge < -0.3 is 14.6 Å². The van der Waals surface area contributed by atoms with E-state index in [-0.39, 0.29) is 5.75 Å². The molecule has 20 heavy (non-hydrogen) atoms. The summed E-state index contributed by atoms with van der Waals surface area (Å²) < 4.78 is 9.63. The highest BCUT2D eigenvalue weighted by Gasteiger charge is 2.09. The normalized spacial score (nSPS) is 9.85. The number of esters is 1. The Morgan fingerprint density at radius 2 is 1.35 bits per heavy atom. The summed E-state index contributed by atoms with van der Waals surface area (Å²) in [5.41, 5.74) is 1.38. The average Bonchev–Trinajstić information content (AvgIpc) is 2.41. The molecule has 0 aliphatic carbocycles. The molecular weight excluding hydrogens is 260 g/mol. The van der Waals surface area contributed by atoms with Crippen molar-refractivity contribution in [2.24, 2.45) is 0 Å². The average molecular weight is 272 g/mol. The van der Waals surface area contributed by atoms with Crippen LogP contribution in [0.5, 0.6) is 11.5 Å². The van der Waals surface area contributed by atoms with Crippen LogP contribution in [-0.2, 0) is 0 Å². The first-order valence-electron chi connectivity index (χ1n) is 5.84. The highest BCUT2D eigenvalue weighted by atomic mass is 16.7. The van der Waals surface area contributed by atoms with Crippen molar-refractivity contribution < 1.29 is 24.2 Å². The summed E-state index contributed by atoms with van der Waals surface area (Å²) in [5, 5.41) is 8.45. The largest absolute Gasteiger partial charge is 0.511 e. The summed E-state index contributed by atoms with van der Waals surface area (Å²) in [4.78, 5) is 22.2. The van der Waals surface area contributed by atoms with Gasteiger partial charge in [0.15, 0.2) is 0 Å². The smallest absolute Gasteiger partial charge is 0.449 e. The zero-order chi connectivity index (χ0) is 14.5. The van der Waals surface area contributed by atoms with Gasteiger partial charge >= 0.3 is 12.1 Å². The number of rotatable bonds is 3. The fourth-order valence-corrected chi connectivity index (χ4v) is 1.53. The molecule has 0 atom stereocenters. The Hall–Kier alpha value is -2.82. The van der Waals surface area contributed by atoms with E-state index in [1.54, 1.807) is 12.1 Å². The lowest BCUT2D eigenvalue weighted by Crippen LogP contribution is -2.09. The molecule has 0 saturated heterocycles. The van der Waals surface area contributed by atoms with Gasteiger partial charge in [0.2, 0.25) is 0 Å². The maximum absolute atomic E-state index is 11.9. The van der Waals surface area contributed by atoms with Crippen LogP contribution in [0.4, 0.5) is 4.79 Å². The van der Waals surface area contributed by atoms with E-state index >= 15 is 0 Å². The number of aryl methyl sites for hydroxylation is 1. The monoisotopic (exact) mass is 272 g/mol. The van der Waals surface area contributed by atoms with Crippen LogP contribution in [0.2, 0.25) is 0 Å². The van der Waals surface area contributed by atoms with Crippen LogP contribution in [0.3, 0.4) is 0 Å². The van der Waals surface area contributed by atoms with Crippen molar-refractivity contribution in [3.05, 3.63) is 59.7 Å². The van der Waals surface area contributed by atoms with E-state index in [0.717, 1.165) is 5.56 Å². The van der Waals surface area contributed by atoms with Gasteiger partial charge in [0.1, 0.15) is 11.5 Å². The third-order valence-electron chi connectivity index (χ3n) is 2.53. The van der Waals surface area contributed by atoms with E-state index in [9.17, 15) is 9.59 Å². The summed E-state index contributed by atoms with van der Waals surface area (Å²) in [5.74, 6) is 0.0755. The topological polar surface area (TPSA) is 72.8 Å². The molecule has 102 valence electrons. The Balaban J connectivity index is 2.05. The standard InChI is InChI=1S/C15H12O5/c1-10-2-6-12(7-3-10)19-14(16)11-4-8-13(9-5-11)20-15(17)18/h2-9H,1H3,(H,17,18). The van der Waals surface area contributed by atoms with Crippen molar-refractivity contribution >= 4 is 12.1 Å². The van der Waals surface area contributed by atoms with Crippen LogP contribution in [-0.4, -0.2) is 17.2 Å². The summed E-state index contributed by atoms with van der Waals surface area (Å²) in [6.07, 6.45) is -1.40. The molecule has 2 rings (SSSR count). The minimum absolute atomic E-state index is 0.143. The van der Waals surface area contributed by atoms with E-state index in [2.05, 4.69) is 4.74 Å². The molecule has 0 aliphatic heterocycles. The summed E-state index contributed by atoms with van der Waals surface area (Å²) in [6.45, 7) is 1.94. The summed E-state index contributed by atoms with van der Waals surface area (Å²) in [6, 6.07) is 12.7. The van der Waals surface area contributed by atoms with Gasteiger partial charge in [-0.05, 0) is 43.3 Å². The van der Waals surface area contributed by atoms with Crippen molar-refractivity contribution in [3.8, 4) is 11.5 Å². The lowest BCUT2D eigenvalue weighted by atomic mass is 10.2. The molecule has 0 heterocycles. The molecule has 0 radical (unpaired) electrons. The second-order valence-corrected chi connectivity index (χ2v) is 4.09. The van der Waals surface area contributed by atoms with Gasteiger partial charge in [0, 0.05) is 0 Å². The molecule has 0 amide bonds. The Morgan fingerprint density at radius 1 is 0.850 bits per heavy atom. The van der Waals surface area contributed by atoms with Crippen molar-refractivity contribution in [2.45, 2.75) is 6.92 Å². The van der Waals surface area contributed by atoms with Crippen molar-refractivity contribution in [2.75, 3.05) is 0 Å². The van der Waals surface area contributed by atoms with Gasteiger partial charge in [0.25, 0.3) is 0 Å². The van der Waals surface area contributed by atoms with Gasteiger partial charge in [-0.15, -0.1) is 0 Å². The van der Waals surface area contributed by atoms with E-state index in [0.29, 0.717) is 11.3 Å². The van der Waals surface area contributed by atoms with Gasteiger partial charge in [-0.2, -0.15) is 0 Å². The lowest BCUT2D eigenvalue weighted by molar-refractivity contribution is 0.0734.